The molecule has 0 bridgehead atoms. The van der Waals surface area contributed by atoms with Crippen LogP contribution < -0.4 is 15.5 Å². The first-order chi connectivity index (χ1) is 8.95. The molecule has 1 unspecified atom stereocenters. The zero-order valence-corrected chi connectivity index (χ0v) is 14.3. The van der Waals surface area contributed by atoms with Gasteiger partial charge in [-0.25, -0.2) is 0 Å². The Hall–Kier alpha value is -0.740. The Bertz CT molecular complexity index is 370. The summed E-state index contributed by atoms with van der Waals surface area (Å²) in [6.07, 6.45) is -1.45. The van der Waals surface area contributed by atoms with Crippen LogP contribution >= 0.6 is 0 Å². The van der Waals surface area contributed by atoms with E-state index in [9.17, 15) is 34.5 Å². The normalized spacial score (nSPS) is 11.1. The van der Waals surface area contributed by atoms with E-state index in [1.165, 1.54) is 13.8 Å². The van der Waals surface area contributed by atoms with Gasteiger partial charge in [0.25, 0.3) is 0 Å². The van der Waals surface area contributed by atoms with Crippen molar-refractivity contribution in [2.45, 2.75) is 26.9 Å². The first-order valence-corrected chi connectivity index (χ1v) is 5.44. The Kier molecular flexibility index (Phi) is 14.3. The molecule has 0 spiro atoms. The molecule has 9 nitrogen and oxygen atoms in total. The third-order valence-electron chi connectivity index (χ3n) is 2.09. The van der Waals surface area contributed by atoms with Crippen LogP contribution in [0.4, 0.5) is 0 Å². The molecule has 0 rings (SSSR count). The average Bonchev–Trinajstić information content (AvgIpc) is 2.35. The summed E-state index contributed by atoms with van der Waals surface area (Å²) in [6.45, 7) is 2.87. The summed E-state index contributed by atoms with van der Waals surface area (Å²) in [7, 11) is 0. The Labute approximate surface area is 151 Å². The number of amides is 1. The zero-order chi connectivity index (χ0) is 16.5. The van der Waals surface area contributed by atoms with Crippen LogP contribution in [0.3, 0.4) is 0 Å². The van der Waals surface area contributed by atoms with Gasteiger partial charge in [0.2, 0.25) is 5.91 Å². The third kappa shape index (κ3) is 12.7. The van der Waals surface area contributed by atoms with Crippen LogP contribution in [0.15, 0.2) is 0 Å². The van der Waals surface area contributed by atoms with Crippen molar-refractivity contribution in [3.8, 4) is 0 Å². The number of Topliss-reactive ketones (excluding diaryl/α,β-unsaturated/α-hetero) is 1. The summed E-state index contributed by atoms with van der Waals surface area (Å²) in [5.74, 6) is -4.84. The van der Waals surface area contributed by atoms with Crippen LogP contribution in [-0.4, -0.2) is 90.8 Å². The number of ketones is 1. The van der Waals surface area contributed by atoms with Gasteiger partial charge in [-0.15, -0.1) is 0 Å². The number of carbonyl (C=O) groups is 4. The number of aliphatic carboxylic acids is 2. The number of hydrogen-bond donors (Lipinski definition) is 3. The van der Waals surface area contributed by atoms with Gasteiger partial charge in [-0.1, -0.05) is 13.8 Å². The van der Waals surface area contributed by atoms with Crippen molar-refractivity contribution in [3.05, 3.63) is 0 Å². The monoisotopic (exact) mass is 331 g/mol. The molecular formula is C11H17CaNO8. The molecule has 3 N–H and O–H groups in total. The van der Waals surface area contributed by atoms with Crippen LogP contribution in [0.25, 0.3) is 0 Å². The van der Waals surface area contributed by atoms with Gasteiger partial charge in [0, 0.05) is 12.3 Å². The quantitative estimate of drug-likeness (QED) is 0.322. The van der Waals surface area contributed by atoms with E-state index < -0.39 is 41.7 Å². The molecule has 10 heteroatoms. The first kappa shape index (κ1) is 25.2. The standard InChI is InChI=1S/C8H15NO5.C3H4O3.Ca/c1-8(2,4-10)6(13)7(14)9-3-5(11)12;1-2(4)3(5)6;/h6,10,13H,3-4H2,1-2H3,(H,9,14)(H,11,12);1H3,(H,5,6);/q;;+2/p-2. The molecule has 0 saturated heterocycles. The van der Waals surface area contributed by atoms with Gasteiger partial charge in [0.15, 0.2) is 5.78 Å². The van der Waals surface area contributed by atoms with Crippen molar-refractivity contribution >= 4 is 61.4 Å². The van der Waals surface area contributed by atoms with Crippen LogP contribution in [0.1, 0.15) is 20.8 Å². The largest absolute Gasteiger partial charge is 2.00 e. The van der Waals surface area contributed by atoms with Gasteiger partial charge in [-0.05, 0) is 0 Å². The fourth-order valence-corrected chi connectivity index (χ4v) is 0.697. The minimum absolute atomic E-state index is 0. The van der Waals surface area contributed by atoms with Crippen LogP contribution in [0, 0.1) is 5.41 Å². The van der Waals surface area contributed by atoms with Gasteiger partial charge in [0.05, 0.1) is 19.1 Å². The summed E-state index contributed by atoms with van der Waals surface area (Å²) in [5, 5.41) is 39.4. The first-order valence-electron chi connectivity index (χ1n) is 5.44. The number of carbonyl (C=O) groups excluding carboxylic acids is 4. The molecule has 0 aliphatic heterocycles. The summed E-state index contributed by atoms with van der Waals surface area (Å²) in [6, 6.07) is 0. The number of carboxylic acid groups (broad SMARTS) is 2. The maximum absolute atomic E-state index is 11.1. The predicted molar refractivity (Wildman–Crippen MR) is 66.3 cm³/mol. The summed E-state index contributed by atoms with van der Waals surface area (Å²) in [5.41, 5.74) is -1.00. The van der Waals surface area contributed by atoms with E-state index in [4.69, 9.17) is 5.11 Å². The average molecular weight is 331 g/mol. The summed E-state index contributed by atoms with van der Waals surface area (Å²) >= 11 is 0. The van der Waals surface area contributed by atoms with Crippen LogP contribution in [0.2, 0.25) is 0 Å². The van der Waals surface area contributed by atoms with E-state index in [1.807, 2.05) is 5.32 Å². The molecule has 21 heavy (non-hydrogen) atoms. The smallest absolute Gasteiger partial charge is 0.548 e. The van der Waals surface area contributed by atoms with E-state index in [-0.39, 0.29) is 44.3 Å². The topological polar surface area (TPSA) is 167 Å². The van der Waals surface area contributed by atoms with Crippen molar-refractivity contribution in [1.82, 2.24) is 5.32 Å². The van der Waals surface area contributed by atoms with Gasteiger partial charge in [-0.2, -0.15) is 0 Å². The third-order valence-corrected chi connectivity index (χ3v) is 2.09. The molecule has 0 aromatic heterocycles. The van der Waals surface area contributed by atoms with Crippen molar-refractivity contribution in [1.29, 1.82) is 0 Å². The molecule has 0 saturated carbocycles. The number of aliphatic hydroxyl groups excluding tert-OH is 2. The second-order valence-corrected chi connectivity index (χ2v) is 4.48. The Morgan fingerprint density at radius 1 is 1.19 bits per heavy atom. The molecule has 0 aromatic rings. The maximum atomic E-state index is 11.1. The molecule has 0 heterocycles. The molecule has 0 fully saturated rings. The minimum Gasteiger partial charge on any atom is -0.548 e. The minimum atomic E-state index is -1.63. The SMILES string of the molecule is CC(=O)C(=O)[O-].CC(C)(CO)C(O)C(=O)NCC(=O)[O-].[Ca+2]. The zero-order valence-electron chi connectivity index (χ0n) is 12.0. The van der Waals surface area contributed by atoms with Crippen molar-refractivity contribution in [2.24, 2.45) is 5.41 Å². The van der Waals surface area contributed by atoms with Gasteiger partial charge in [0.1, 0.15) is 12.1 Å². The fraction of sp³-hybridized carbons (Fsp3) is 0.636. The molecule has 1 atom stereocenters. The number of carboxylic acids is 2. The van der Waals surface area contributed by atoms with Crippen LogP contribution in [0.5, 0.6) is 0 Å². The predicted octanol–water partition coefficient (Wildman–Crippen LogP) is -4.82. The summed E-state index contributed by atoms with van der Waals surface area (Å²) in [4.78, 5) is 39.8. The number of aliphatic hydroxyl groups is 2. The maximum Gasteiger partial charge on any atom is 2.00 e. The molecule has 0 aromatic carbocycles. The Morgan fingerprint density at radius 2 is 1.57 bits per heavy atom. The van der Waals surface area contributed by atoms with Crippen molar-refractivity contribution < 1.29 is 39.6 Å². The molecule has 0 radical (unpaired) electrons. The fourth-order valence-electron chi connectivity index (χ4n) is 0.697. The Balaban J connectivity index is -0.000000394. The Morgan fingerprint density at radius 3 is 1.81 bits per heavy atom. The van der Waals surface area contributed by atoms with E-state index in [0.29, 0.717) is 0 Å². The van der Waals surface area contributed by atoms with Crippen LogP contribution in [-0.2, 0) is 19.2 Å². The van der Waals surface area contributed by atoms with Crippen molar-refractivity contribution in [3.63, 3.8) is 0 Å². The summed E-state index contributed by atoms with van der Waals surface area (Å²) < 4.78 is 0. The second-order valence-electron chi connectivity index (χ2n) is 4.48. The van der Waals surface area contributed by atoms with E-state index in [2.05, 4.69) is 0 Å². The second kappa shape index (κ2) is 11.9. The molecule has 0 aliphatic carbocycles. The van der Waals surface area contributed by atoms with E-state index in [0.717, 1.165) is 6.92 Å². The van der Waals surface area contributed by atoms with Crippen molar-refractivity contribution in [2.75, 3.05) is 13.2 Å². The molecular weight excluding hydrogens is 314 g/mol. The number of hydrogen-bond acceptors (Lipinski definition) is 8. The van der Waals surface area contributed by atoms with Gasteiger partial charge in [-0.3, -0.25) is 9.59 Å². The molecule has 1 amide bonds. The number of rotatable bonds is 6. The number of nitrogens with one attached hydrogen (secondary N) is 1. The van der Waals surface area contributed by atoms with E-state index in [1.54, 1.807) is 0 Å². The van der Waals surface area contributed by atoms with Gasteiger partial charge < -0.3 is 35.3 Å². The molecule has 0 aliphatic rings. The van der Waals surface area contributed by atoms with E-state index >= 15 is 0 Å². The van der Waals surface area contributed by atoms with Gasteiger partial charge >= 0.3 is 37.7 Å². The molecule has 116 valence electrons.